The Balaban J connectivity index is 2.00. The average molecular weight is 349 g/mol. The van der Waals surface area contributed by atoms with E-state index in [1.165, 1.54) is 38.5 Å². The molecule has 132 valence electrons. The molecule has 4 rings (SSSR count). The molecule has 1 nitrogen and oxygen atoms in total. The third-order valence-electron chi connectivity index (χ3n) is 5.01. The third kappa shape index (κ3) is 3.02. The van der Waals surface area contributed by atoms with Gasteiger partial charge in [0.05, 0.1) is 11.0 Å². The van der Waals surface area contributed by atoms with Gasteiger partial charge in [-0.1, -0.05) is 78.9 Å². The fraction of sp³-hybridized carbons (Fsp3) is 0.0769. The molecule has 0 bridgehead atoms. The Labute approximate surface area is 160 Å². The van der Waals surface area contributed by atoms with Crippen LogP contribution in [0.15, 0.2) is 97.6 Å². The van der Waals surface area contributed by atoms with E-state index in [0.29, 0.717) is 0 Å². The second-order valence-electron chi connectivity index (χ2n) is 6.76. The monoisotopic (exact) mass is 349 g/mol. The summed E-state index contributed by atoms with van der Waals surface area (Å²) in [7, 11) is 0. The van der Waals surface area contributed by atoms with E-state index in [1.54, 1.807) is 0 Å². The minimum absolute atomic E-state index is 1.14. The van der Waals surface area contributed by atoms with E-state index in [0.717, 1.165) is 5.70 Å². The number of hydrogen-bond acceptors (Lipinski definition) is 0. The predicted molar refractivity (Wildman–Crippen MR) is 119 cm³/mol. The Bertz CT molecular complexity index is 1180. The maximum atomic E-state index is 3.80. The predicted octanol–water partition coefficient (Wildman–Crippen LogP) is 7.37. The Kier molecular flexibility index (Phi) is 4.52. The minimum Gasteiger partial charge on any atom is -0.310 e. The first-order valence-corrected chi connectivity index (χ1v) is 9.29. The lowest BCUT2D eigenvalue weighted by Gasteiger charge is -2.09. The number of rotatable bonds is 4. The normalized spacial score (nSPS) is 12.3. The van der Waals surface area contributed by atoms with Crippen molar-refractivity contribution in [2.45, 2.75) is 13.8 Å². The van der Waals surface area contributed by atoms with Crippen LogP contribution in [0.3, 0.4) is 0 Å². The number of nitrogens with zero attached hydrogens (tertiary/aromatic N) is 1. The van der Waals surface area contributed by atoms with Crippen LogP contribution in [0.2, 0.25) is 0 Å². The summed E-state index contributed by atoms with van der Waals surface area (Å²) in [6.07, 6.45) is 8.04. The Morgan fingerprint density at radius 2 is 1.56 bits per heavy atom. The molecule has 0 aliphatic heterocycles. The van der Waals surface area contributed by atoms with Gasteiger partial charge >= 0.3 is 0 Å². The number of benzene rings is 3. The van der Waals surface area contributed by atoms with E-state index < -0.39 is 0 Å². The fourth-order valence-electron chi connectivity index (χ4n) is 3.64. The number of para-hydroxylation sites is 1. The number of aromatic nitrogens is 1. The van der Waals surface area contributed by atoms with Gasteiger partial charge in [-0.15, -0.1) is 0 Å². The summed E-state index contributed by atoms with van der Waals surface area (Å²) in [5.74, 6) is 0. The summed E-state index contributed by atoms with van der Waals surface area (Å²) < 4.78 is 2.32. The Hall–Kier alpha value is -3.32. The van der Waals surface area contributed by atoms with Gasteiger partial charge in [0.2, 0.25) is 0 Å². The van der Waals surface area contributed by atoms with E-state index in [4.69, 9.17) is 0 Å². The molecule has 0 saturated heterocycles. The van der Waals surface area contributed by atoms with Crippen molar-refractivity contribution < 1.29 is 0 Å². The molecule has 1 heterocycles. The smallest absolute Gasteiger partial charge is 0.0541 e. The van der Waals surface area contributed by atoms with Crippen molar-refractivity contribution in [3.05, 3.63) is 103 Å². The van der Waals surface area contributed by atoms with Crippen LogP contribution >= 0.6 is 0 Å². The summed E-state index contributed by atoms with van der Waals surface area (Å²) in [6.45, 7) is 8.00. The largest absolute Gasteiger partial charge is 0.310 e. The highest BCUT2D eigenvalue weighted by molar-refractivity contribution is 6.11. The molecule has 0 atom stereocenters. The van der Waals surface area contributed by atoms with Gasteiger partial charge in [-0.3, -0.25) is 0 Å². The molecule has 1 aromatic heterocycles. The average Bonchev–Trinajstić information content (AvgIpc) is 3.03. The number of allylic oxidation sites excluding steroid dienone is 5. The number of fused-ring (bicyclic) bond motifs is 3. The standard InChI is InChI=1S/C26H23N/c1-4-6-9-22(5-2)27-25-11-8-7-10-23(25)24-18-21(16-17-26(24)27)20-14-12-19(3)13-15-20/h4-18H,1H2,2-3H3/b9-6-,22-5+. The molecule has 4 aromatic rings. The molecule has 0 fully saturated rings. The highest BCUT2D eigenvalue weighted by Crippen LogP contribution is 2.34. The molecular formula is C26H23N. The maximum absolute atomic E-state index is 3.80. The van der Waals surface area contributed by atoms with Gasteiger partial charge in [-0.25, -0.2) is 0 Å². The van der Waals surface area contributed by atoms with Crippen LogP contribution in [-0.2, 0) is 0 Å². The molecule has 0 amide bonds. The van der Waals surface area contributed by atoms with Gasteiger partial charge in [0, 0.05) is 16.5 Å². The molecule has 0 unspecified atom stereocenters. The van der Waals surface area contributed by atoms with Gasteiger partial charge in [0.1, 0.15) is 0 Å². The Morgan fingerprint density at radius 3 is 2.30 bits per heavy atom. The zero-order chi connectivity index (χ0) is 18.8. The van der Waals surface area contributed by atoms with Crippen molar-refractivity contribution in [1.82, 2.24) is 4.57 Å². The lowest BCUT2D eigenvalue weighted by atomic mass is 10.0. The van der Waals surface area contributed by atoms with Crippen LogP contribution in [0, 0.1) is 6.92 Å². The van der Waals surface area contributed by atoms with Crippen molar-refractivity contribution in [2.24, 2.45) is 0 Å². The zero-order valence-electron chi connectivity index (χ0n) is 15.8. The summed E-state index contributed by atoms with van der Waals surface area (Å²) >= 11 is 0. The second kappa shape index (κ2) is 7.13. The molecule has 0 radical (unpaired) electrons. The molecule has 27 heavy (non-hydrogen) atoms. The van der Waals surface area contributed by atoms with Crippen LogP contribution in [0.25, 0.3) is 38.6 Å². The van der Waals surface area contributed by atoms with E-state index >= 15 is 0 Å². The molecule has 0 saturated carbocycles. The quantitative estimate of drug-likeness (QED) is 0.339. The van der Waals surface area contributed by atoms with Crippen molar-refractivity contribution in [3.8, 4) is 11.1 Å². The summed E-state index contributed by atoms with van der Waals surface area (Å²) in [5.41, 5.74) is 7.35. The first-order chi connectivity index (χ1) is 13.2. The van der Waals surface area contributed by atoms with Gasteiger partial charge in [-0.2, -0.15) is 0 Å². The third-order valence-corrected chi connectivity index (χ3v) is 5.01. The van der Waals surface area contributed by atoms with Gasteiger partial charge in [0.15, 0.2) is 0 Å². The first-order valence-electron chi connectivity index (χ1n) is 9.29. The maximum Gasteiger partial charge on any atom is 0.0541 e. The lowest BCUT2D eigenvalue weighted by Crippen LogP contribution is -1.94. The van der Waals surface area contributed by atoms with Crippen LogP contribution in [0.5, 0.6) is 0 Å². The van der Waals surface area contributed by atoms with Crippen molar-refractivity contribution in [1.29, 1.82) is 0 Å². The Morgan fingerprint density at radius 1 is 0.852 bits per heavy atom. The molecule has 1 heteroatoms. The van der Waals surface area contributed by atoms with Crippen molar-refractivity contribution >= 4 is 27.5 Å². The van der Waals surface area contributed by atoms with Gasteiger partial charge in [0.25, 0.3) is 0 Å². The van der Waals surface area contributed by atoms with Gasteiger partial charge in [-0.05, 0) is 49.2 Å². The van der Waals surface area contributed by atoms with Crippen LogP contribution in [-0.4, -0.2) is 4.57 Å². The van der Waals surface area contributed by atoms with E-state index in [2.05, 4.69) is 104 Å². The molecule has 0 aliphatic carbocycles. The summed E-state index contributed by atoms with van der Waals surface area (Å²) in [6, 6.07) is 24.1. The highest BCUT2D eigenvalue weighted by atomic mass is 15.0. The van der Waals surface area contributed by atoms with Crippen LogP contribution in [0.4, 0.5) is 0 Å². The fourth-order valence-corrected chi connectivity index (χ4v) is 3.64. The van der Waals surface area contributed by atoms with E-state index in [1.807, 2.05) is 12.2 Å². The van der Waals surface area contributed by atoms with Crippen LogP contribution < -0.4 is 0 Å². The summed E-state index contributed by atoms with van der Waals surface area (Å²) in [4.78, 5) is 0. The lowest BCUT2D eigenvalue weighted by molar-refractivity contribution is 1.23. The molecule has 3 aromatic carbocycles. The summed E-state index contributed by atoms with van der Waals surface area (Å²) in [5, 5.41) is 2.54. The van der Waals surface area contributed by atoms with Gasteiger partial charge < -0.3 is 4.57 Å². The minimum atomic E-state index is 1.14. The number of hydrogen-bond donors (Lipinski definition) is 0. The van der Waals surface area contributed by atoms with E-state index in [9.17, 15) is 0 Å². The molecule has 0 N–H and O–H groups in total. The highest BCUT2D eigenvalue weighted by Gasteiger charge is 2.12. The first kappa shape index (κ1) is 17.1. The van der Waals surface area contributed by atoms with E-state index in [-0.39, 0.29) is 0 Å². The van der Waals surface area contributed by atoms with Crippen molar-refractivity contribution in [3.63, 3.8) is 0 Å². The molecule has 0 spiro atoms. The number of aryl methyl sites for hydroxylation is 1. The zero-order valence-corrected chi connectivity index (χ0v) is 15.8. The molecular weight excluding hydrogens is 326 g/mol. The topological polar surface area (TPSA) is 4.93 Å². The van der Waals surface area contributed by atoms with Crippen LogP contribution in [0.1, 0.15) is 12.5 Å². The second-order valence-corrected chi connectivity index (χ2v) is 6.76. The SMILES string of the molecule is C=C/C=C\C(=C/C)n1c2ccccc2c2cc(-c3ccc(C)cc3)ccc21. The molecule has 0 aliphatic rings. The van der Waals surface area contributed by atoms with Crippen molar-refractivity contribution in [2.75, 3.05) is 0 Å².